The zero-order valence-corrected chi connectivity index (χ0v) is 5.20. The highest BCUT2D eigenvalue weighted by atomic mass is 14.9. The van der Waals surface area contributed by atoms with Crippen LogP contribution in [0.1, 0.15) is 5.82 Å². The van der Waals surface area contributed by atoms with E-state index in [9.17, 15) is 0 Å². The van der Waals surface area contributed by atoms with Crippen LogP contribution in [0.3, 0.4) is 0 Å². The molecule has 0 aliphatic rings. The second kappa shape index (κ2) is 2.69. The third-order valence-electron chi connectivity index (χ3n) is 0.941. The first-order valence-corrected chi connectivity index (χ1v) is 2.69. The predicted octanol–water partition coefficient (Wildman–Crippen LogP) is 0.233. The van der Waals surface area contributed by atoms with Gasteiger partial charge in [0.05, 0.1) is 0 Å². The van der Waals surface area contributed by atoms with Gasteiger partial charge in [0.2, 0.25) is 0 Å². The molecule has 0 saturated carbocycles. The molecule has 1 aromatic heterocycles. The van der Waals surface area contributed by atoms with Crippen LogP contribution in [-0.4, -0.2) is 9.97 Å². The van der Waals surface area contributed by atoms with Crippen molar-refractivity contribution < 1.29 is 0 Å². The van der Waals surface area contributed by atoms with Crippen LogP contribution in [0, 0.1) is 11.3 Å². The Morgan fingerprint density at radius 1 is 1.90 bits per heavy atom. The molecule has 3 N–H and O–H groups in total. The van der Waals surface area contributed by atoms with Crippen molar-refractivity contribution in [1.82, 2.24) is 9.97 Å². The predicted molar refractivity (Wildman–Crippen MR) is 36.4 cm³/mol. The fourth-order valence-corrected chi connectivity index (χ4v) is 0.536. The first-order chi connectivity index (χ1) is 4.83. The molecule has 0 atom stereocenters. The Kier molecular flexibility index (Phi) is 1.71. The number of rotatable bonds is 1. The van der Waals surface area contributed by atoms with Gasteiger partial charge in [-0.25, -0.2) is 4.98 Å². The number of nitrogens with zero attached hydrogens (tertiary/aromatic N) is 2. The zero-order valence-electron chi connectivity index (χ0n) is 5.20. The quantitative estimate of drug-likeness (QED) is 0.540. The van der Waals surface area contributed by atoms with Gasteiger partial charge in [0.1, 0.15) is 17.6 Å². The van der Waals surface area contributed by atoms with Crippen LogP contribution in [0.15, 0.2) is 18.1 Å². The van der Waals surface area contributed by atoms with Crippen molar-refractivity contribution in [2.45, 2.75) is 0 Å². The van der Waals surface area contributed by atoms with E-state index in [1.807, 2.05) is 0 Å². The number of hydrogen-bond acceptors (Lipinski definition) is 3. The number of aromatic amines is 1. The second-order valence-electron chi connectivity index (χ2n) is 1.69. The Bertz CT molecular complexity index is 264. The van der Waals surface area contributed by atoms with E-state index in [1.165, 1.54) is 6.08 Å². The molecule has 0 bridgehead atoms. The van der Waals surface area contributed by atoms with Crippen molar-refractivity contribution in [2.24, 2.45) is 5.73 Å². The van der Waals surface area contributed by atoms with Crippen LogP contribution < -0.4 is 5.73 Å². The summed E-state index contributed by atoms with van der Waals surface area (Å²) in [6, 6.07) is 1.78. The van der Waals surface area contributed by atoms with E-state index in [-0.39, 0.29) is 5.70 Å². The Morgan fingerprint density at radius 2 is 2.70 bits per heavy atom. The highest BCUT2D eigenvalue weighted by Gasteiger charge is 1.88. The number of aromatic nitrogens is 2. The fraction of sp³-hybridized carbons (Fsp3) is 0. The van der Waals surface area contributed by atoms with Crippen LogP contribution in [0.25, 0.3) is 6.08 Å². The van der Waals surface area contributed by atoms with Gasteiger partial charge in [-0.05, 0) is 0 Å². The van der Waals surface area contributed by atoms with Gasteiger partial charge in [0, 0.05) is 18.5 Å². The van der Waals surface area contributed by atoms with Crippen LogP contribution in [0.2, 0.25) is 0 Å². The van der Waals surface area contributed by atoms with Crippen molar-refractivity contribution in [1.29, 1.82) is 5.26 Å². The number of imidazole rings is 1. The minimum atomic E-state index is 0.148. The number of hydrogen-bond donors (Lipinski definition) is 2. The summed E-state index contributed by atoms with van der Waals surface area (Å²) >= 11 is 0. The molecular weight excluding hydrogens is 128 g/mol. The summed E-state index contributed by atoms with van der Waals surface area (Å²) in [5.74, 6) is 0.596. The molecule has 4 nitrogen and oxygen atoms in total. The number of nitrogens with two attached hydrogens (primary N) is 1. The van der Waals surface area contributed by atoms with Crippen molar-refractivity contribution in [3.8, 4) is 6.07 Å². The Labute approximate surface area is 58.0 Å². The van der Waals surface area contributed by atoms with Gasteiger partial charge in [-0.2, -0.15) is 5.26 Å². The van der Waals surface area contributed by atoms with Gasteiger partial charge in [0.15, 0.2) is 0 Å². The number of nitriles is 1. The first-order valence-electron chi connectivity index (χ1n) is 2.69. The van der Waals surface area contributed by atoms with Gasteiger partial charge in [-0.3, -0.25) is 0 Å². The molecule has 0 amide bonds. The Hall–Kier alpha value is -1.76. The number of H-pyrrole nitrogens is 1. The standard InChI is InChI=1S/C6H6N4/c7-4-5(8)3-6-9-1-2-10-6/h1-3H,8H2,(H,9,10). The molecule has 0 unspecified atom stereocenters. The summed E-state index contributed by atoms with van der Waals surface area (Å²) in [6.07, 6.45) is 4.73. The largest absolute Gasteiger partial charge is 0.390 e. The molecule has 1 aromatic rings. The summed E-state index contributed by atoms with van der Waals surface area (Å²) < 4.78 is 0. The van der Waals surface area contributed by atoms with E-state index in [2.05, 4.69) is 9.97 Å². The van der Waals surface area contributed by atoms with Gasteiger partial charge in [0.25, 0.3) is 0 Å². The van der Waals surface area contributed by atoms with Crippen LogP contribution in [0.4, 0.5) is 0 Å². The molecule has 0 radical (unpaired) electrons. The maximum atomic E-state index is 8.25. The topological polar surface area (TPSA) is 78.5 Å². The minimum absolute atomic E-state index is 0.148. The summed E-state index contributed by atoms with van der Waals surface area (Å²) in [4.78, 5) is 6.62. The molecule has 0 aliphatic heterocycles. The Balaban J connectivity index is 2.83. The van der Waals surface area contributed by atoms with Crippen molar-refractivity contribution >= 4 is 6.08 Å². The molecule has 1 rings (SSSR count). The lowest BCUT2D eigenvalue weighted by atomic mass is 10.4. The van der Waals surface area contributed by atoms with E-state index in [1.54, 1.807) is 18.5 Å². The summed E-state index contributed by atoms with van der Waals surface area (Å²) in [6.45, 7) is 0. The maximum absolute atomic E-state index is 8.25. The first kappa shape index (κ1) is 6.36. The molecule has 4 heteroatoms. The number of allylic oxidation sites excluding steroid dienone is 1. The van der Waals surface area contributed by atoms with E-state index in [4.69, 9.17) is 11.0 Å². The average molecular weight is 134 g/mol. The third-order valence-corrected chi connectivity index (χ3v) is 0.941. The second-order valence-corrected chi connectivity index (χ2v) is 1.69. The van der Waals surface area contributed by atoms with Crippen LogP contribution in [-0.2, 0) is 0 Å². The van der Waals surface area contributed by atoms with Crippen molar-refractivity contribution in [3.63, 3.8) is 0 Å². The lowest BCUT2D eigenvalue weighted by Crippen LogP contribution is -1.92. The van der Waals surface area contributed by atoms with E-state index in [0.717, 1.165) is 0 Å². The lowest BCUT2D eigenvalue weighted by molar-refractivity contribution is 1.25. The highest BCUT2D eigenvalue weighted by molar-refractivity contribution is 5.48. The van der Waals surface area contributed by atoms with Crippen molar-refractivity contribution in [3.05, 3.63) is 23.9 Å². The lowest BCUT2D eigenvalue weighted by Gasteiger charge is -1.82. The molecule has 0 saturated heterocycles. The van der Waals surface area contributed by atoms with E-state index >= 15 is 0 Å². The molecular formula is C6H6N4. The average Bonchev–Trinajstić information content (AvgIpc) is 2.40. The summed E-state index contributed by atoms with van der Waals surface area (Å²) in [7, 11) is 0. The molecule has 50 valence electrons. The number of nitrogens with one attached hydrogen (secondary N) is 1. The molecule has 0 aliphatic carbocycles. The van der Waals surface area contributed by atoms with Gasteiger partial charge in [-0.15, -0.1) is 0 Å². The summed E-state index contributed by atoms with van der Waals surface area (Å²) in [5, 5.41) is 8.25. The molecule has 0 spiro atoms. The van der Waals surface area contributed by atoms with Gasteiger partial charge >= 0.3 is 0 Å². The van der Waals surface area contributed by atoms with Crippen LogP contribution in [0.5, 0.6) is 0 Å². The van der Waals surface area contributed by atoms with Gasteiger partial charge < -0.3 is 10.7 Å². The fourth-order valence-electron chi connectivity index (χ4n) is 0.536. The minimum Gasteiger partial charge on any atom is -0.390 e. The van der Waals surface area contributed by atoms with E-state index in [0.29, 0.717) is 5.82 Å². The van der Waals surface area contributed by atoms with Crippen molar-refractivity contribution in [2.75, 3.05) is 0 Å². The van der Waals surface area contributed by atoms with E-state index < -0.39 is 0 Å². The monoisotopic (exact) mass is 134 g/mol. The maximum Gasteiger partial charge on any atom is 0.132 e. The molecule has 1 heterocycles. The highest BCUT2D eigenvalue weighted by Crippen LogP contribution is 1.93. The van der Waals surface area contributed by atoms with Crippen LogP contribution >= 0.6 is 0 Å². The molecule has 10 heavy (non-hydrogen) atoms. The molecule has 0 fully saturated rings. The van der Waals surface area contributed by atoms with Gasteiger partial charge in [-0.1, -0.05) is 0 Å². The SMILES string of the molecule is N#CC(N)=Cc1ncc[nH]1. The normalized spacial score (nSPS) is 10.9. The molecule has 0 aromatic carbocycles. The smallest absolute Gasteiger partial charge is 0.132 e. The Morgan fingerprint density at radius 3 is 3.20 bits per heavy atom. The third kappa shape index (κ3) is 1.36. The summed E-state index contributed by atoms with van der Waals surface area (Å²) in [5.41, 5.74) is 5.35. The zero-order chi connectivity index (χ0) is 7.40.